The molecule has 6 heteroatoms. The van der Waals surface area contributed by atoms with Gasteiger partial charge in [0.25, 0.3) is 5.56 Å². The van der Waals surface area contributed by atoms with Gasteiger partial charge in [0, 0.05) is 13.5 Å². The number of aromatic amines is 1. The zero-order chi connectivity index (χ0) is 15.0. The molecule has 0 bridgehead atoms. The summed E-state index contributed by atoms with van der Waals surface area (Å²) in [6, 6.07) is 9.20. The van der Waals surface area contributed by atoms with Crippen LogP contribution in [-0.4, -0.2) is 19.1 Å². The molecule has 3 aromatic rings. The van der Waals surface area contributed by atoms with Gasteiger partial charge in [-0.15, -0.1) is 0 Å². The number of nitrogens with one attached hydrogen (secondary N) is 1. The standard InChI is InChI=1S/C15H16N4O2/c1-3-7-11-16-12-13(17-11)19(10-8-5-4-6-9-10)15(21)18(2)14(12)20/h4-6,8-9H,3,7H2,1-2H3,(H,16,17). The summed E-state index contributed by atoms with van der Waals surface area (Å²) in [5.74, 6) is 0.722. The van der Waals surface area contributed by atoms with Crippen LogP contribution < -0.4 is 11.2 Å². The third kappa shape index (κ3) is 2.08. The minimum absolute atomic E-state index is 0.350. The van der Waals surface area contributed by atoms with Crippen LogP contribution in [0, 0.1) is 0 Å². The molecule has 0 atom stereocenters. The van der Waals surface area contributed by atoms with Crippen molar-refractivity contribution in [2.45, 2.75) is 19.8 Å². The molecule has 108 valence electrons. The lowest BCUT2D eigenvalue weighted by molar-refractivity contribution is 0.748. The molecule has 21 heavy (non-hydrogen) atoms. The predicted molar refractivity (Wildman–Crippen MR) is 80.9 cm³/mol. The Morgan fingerprint density at radius 2 is 1.90 bits per heavy atom. The van der Waals surface area contributed by atoms with Gasteiger partial charge in [-0.3, -0.25) is 9.36 Å². The highest BCUT2D eigenvalue weighted by atomic mass is 16.2. The molecule has 0 fully saturated rings. The van der Waals surface area contributed by atoms with E-state index in [0.717, 1.165) is 23.2 Å². The van der Waals surface area contributed by atoms with Crippen LogP contribution >= 0.6 is 0 Å². The number of rotatable bonds is 3. The van der Waals surface area contributed by atoms with Crippen LogP contribution in [-0.2, 0) is 13.5 Å². The van der Waals surface area contributed by atoms with E-state index in [1.807, 2.05) is 37.3 Å². The molecule has 0 saturated carbocycles. The molecule has 2 heterocycles. The van der Waals surface area contributed by atoms with Gasteiger partial charge in [0.15, 0.2) is 5.65 Å². The molecule has 2 aromatic heterocycles. The average Bonchev–Trinajstić information content (AvgIpc) is 2.90. The number of H-pyrrole nitrogens is 1. The van der Waals surface area contributed by atoms with E-state index >= 15 is 0 Å². The van der Waals surface area contributed by atoms with Crippen molar-refractivity contribution in [2.24, 2.45) is 7.05 Å². The van der Waals surface area contributed by atoms with E-state index in [1.54, 1.807) is 0 Å². The Kier molecular flexibility index (Phi) is 3.21. The molecule has 0 aliphatic carbocycles. The summed E-state index contributed by atoms with van der Waals surface area (Å²) >= 11 is 0. The Morgan fingerprint density at radius 1 is 1.19 bits per heavy atom. The van der Waals surface area contributed by atoms with Crippen molar-refractivity contribution in [3.05, 3.63) is 57.0 Å². The van der Waals surface area contributed by atoms with Gasteiger partial charge in [0.05, 0.1) is 5.69 Å². The van der Waals surface area contributed by atoms with E-state index in [9.17, 15) is 9.59 Å². The highest BCUT2D eigenvalue weighted by Gasteiger charge is 2.16. The van der Waals surface area contributed by atoms with Crippen molar-refractivity contribution in [3.63, 3.8) is 0 Å². The predicted octanol–water partition coefficient (Wildman–Crippen LogP) is 1.36. The first kappa shape index (κ1) is 13.4. The summed E-state index contributed by atoms with van der Waals surface area (Å²) in [5, 5.41) is 0. The number of aryl methyl sites for hydroxylation is 1. The van der Waals surface area contributed by atoms with Crippen LogP contribution in [0.5, 0.6) is 0 Å². The first-order valence-electron chi connectivity index (χ1n) is 6.89. The van der Waals surface area contributed by atoms with Gasteiger partial charge in [0.1, 0.15) is 11.3 Å². The number of para-hydroxylation sites is 1. The molecule has 0 aliphatic heterocycles. The van der Waals surface area contributed by atoms with E-state index in [-0.39, 0.29) is 5.56 Å². The van der Waals surface area contributed by atoms with Gasteiger partial charge in [0.2, 0.25) is 0 Å². The van der Waals surface area contributed by atoms with Crippen molar-refractivity contribution in [1.82, 2.24) is 19.1 Å². The van der Waals surface area contributed by atoms with E-state index in [0.29, 0.717) is 16.9 Å². The van der Waals surface area contributed by atoms with Crippen molar-refractivity contribution in [3.8, 4) is 5.69 Å². The molecule has 3 rings (SSSR count). The quantitative estimate of drug-likeness (QED) is 0.789. The fourth-order valence-electron chi connectivity index (χ4n) is 2.38. The van der Waals surface area contributed by atoms with Crippen molar-refractivity contribution >= 4 is 11.2 Å². The first-order chi connectivity index (χ1) is 10.1. The second kappa shape index (κ2) is 5.05. The second-order valence-electron chi connectivity index (χ2n) is 4.95. The minimum atomic E-state index is -0.395. The maximum atomic E-state index is 12.4. The monoisotopic (exact) mass is 284 g/mol. The molecular weight excluding hydrogens is 268 g/mol. The third-order valence-electron chi connectivity index (χ3n) is 3.44. The van der Waals surface area contributed by atoms with Crippen LogP contribution in [0.4, 0.5) is 0 Å². The van der Waals surface area contributed by atoms with Gasteiger partial charge in [-0.2, -0.15) is 0 Å². The normalized spacial score (nSPS) is 11.1. The summed E-state index contributed by atoms with van der Waals surface area (Å²) in [6.07, 6.45) is 1.65. The molecule has 0 unspecified atom stereocenters. The Morgan fingerprint density at radius 3 is 2.57 bits per heavy atom. The number of benzene rings is 1. The molecule has 0 saturated heterocycles. The smallest absolute Gasteiger partial charge is 0.336 e. The number of hydrogen-bond donors (Lipinski definition) is 1. The number of fused-ring (bicyclic) bond motifs is 1. The highest BCUT2D eigenvalue weighted by molar-refractivity contribution is 5.72. The van der Waals surface area contributed by atoms with E-state index in [1.165, 1.54) is 11.6 Å². The number of nitrogens with zero attached hydrogens (tertiary/aromatic N) is 3. The molecule has 0 spiro atoms. The van der Waals surface area contributed by atoms with Crippen molar-refractivity contribution in [1.29, 1.82) is 0 Å². The highest BCUT2D eigenvalue weighted by Crippen LogP contribution is 2.12. The maximum Gasteiger partial charge on any atom is 0.337 e. The Hall–Kier alpha value is -2.63. The Bertz CT molecular complexity index is 903. The minimum Gasteiger partial charge on any atom is -0.336 e. The van der Waals surface area contributed by atoms with Crippen LogP contribution in [0.2, 0.25) is 0 Å². The summed E-state index contributed by atoms with van der Waals surface area (Å²) in [6.45, 7) is 2.04. The lowest BCUT2D eigenvalue weighted by Crippen LogP contribution is -2.37. The lowest BCUT2D eigenvalue weighted by atomic mass is 10.3. The topological polar surface area (TPSA) is 72.7 Å². The molecule has 1 aromatic carbocycles. The van der Waals surface area contributed by atoms with Crippen LogP contribution in [0.25, 0.3) is 16.9 Å². The largest absolute Gasteiger partial charge is 0.337 e. The molecule has 0 amide bonds. The van der Waals surface area contributed by atoms with Crippen molar-refractivity contribution < 1.29 is 0 Å². The molecule has 0 aliphatic rings. The van der Waals surface area contributed by atoms with Crippen LogP contribution in [0.15, 0.2) is 39.9 Å². The fourth-order valence-corrected chi connectivity index (χ4v) is 2.38. The maximum absolute atomic E-state index is 12.4. The van der Waals surface area contributed by atoms with Crippen molar-refractivity contribution in [2.75, 3.05) is 0 Å². The number of hydrogen-bond acceptors (Lipinski definition) is 3. The lowest BCUT2D eigenvalue weighted by Gasteiger charge is -2.07. The summed E-state index contributed by atoms with van der Waals surface area (Å²) < 4.78 is 2.57. The van der Waals surface area contributed by atoms with Gasteiger partial charge in [-0.05, 0) is 18.6 Å². The summed E-state index contributed by atoms with van der Waals surface area (Å²) in [5.41, 5.74) is 0.699. The van der Waals surface area contributed by atoms with Crippen LogP contribution in [0.1, 0.15) is 19.2 Å². The third-order valence-corrected chi connectivity index (χ3v) is 3.44. The second-order valence-corrected chi connectivity index (χ2v) is 4.95. The zero-order valence-electron chi connectivity index (χ0n) is 12.0. The van der Waals surface area contributed by atoms with Gasteiger partial charge in [-0.25, -0.2) is 14.3 Å². The van der Waals surface area contributed by atoms with Gasteiger partial charge < -0.3 is 4.98 Å². The van der Waals surface area contributed by atoms with E-state index in [4.69, 9.17) is 0 Å². The number of aromatic nitrogens is 4. The average molecular weight is 284 g/mol. The molecule has 6 nitrogen and oxygen atoms in total. The Balaban J connectivity index is 2.43. The van der Waals surface area contributed by atoms with E-state index in [2.05, 4.69) is 9.97 Å². The number of imidazole rings is 1. The molecular formula is C15H16N4O2. The van der Waals surface area contributed by atoms with E-state index < -0.39 is 5.69 Å². The first-order valence-corrected chi connectivity index (χ1v) is 6.89. The fraction of sp³-hybridized carbons (Fsp3) is 0.267. The van der Waals surface area contributed by atoms with Gasteiger partial charge in [-0.1, -0.05) is 25.1 Å². The summed E-state index contributed by atoms with van der Waals surface area (Å²) in [4.78, 5) is 32.1. The molecule has 0 radical (unpaired) electrons. The SMILES string of the molecule is CCCc1nc2c([nH]1)c(=O)n(C)c(=O)n2-c1ccccc1. The summed E-state index contributed by atoms with van der Waals surface area (Å²) in [7, 11) is 1.48. The van der Waals surface area contributed by atoms with Crippen LogP contribution in [0.3, 0.4) is 0 Å². The Labute approximate surface area is 120 Å². The van der Waals surface area contributed by atoms with Gasteiger partial charge >= 0.3 is 5.69 Å². The zero-order valence-corrected chi connectivity index (χ0v) is 12.0. The molecule has 1 N–H and O–H groups in total.